The van der Waals surface area contributed by atoms with Gasteiger partial charge in [-0.1, -0.05) is 37.1 Å². The minimum absolute atomic E-state index is 0.0149. The van der Waals surface area contributed by atoms with Gasteiger partial charge in [0.15, 0.2) is 0 Å². The van der Waals surface area contributed by atoms with Crippen LogP contribution in [0, 0.1) is 6.92 Å². The molecule has 1 spiro atoms. The Morgan fingerprint density at radius 3 is 2.43 bits per heavy atom. The summed E-state index contributed by atoms with van der Waals surface area (Å²) in [6.45, 7) is 5.69. The molecule has 0 bridgehead atoms. The summed E-state index contributed by atoms with van der Waals surface area (Å²) in [6, 6.07) is 18.8. The Bertz CT molecular complexity index is 1430. The summed E-state index contributed by atoms with van der Waals surface area (Å²) >= 11 is 0. The van der Waals surface area contributed by atoms with Crippen LogP contribution in [0.5, 0.6) is 5.75 Å². The third kappa shape index (κ3) is 4.95. The Balaban J connectivity index is 1.39. The number of hydrogen-bond acceptors (Lipinski definition) is 4. The summed E-state index contributed by atoms with van der Waals surface area (Å²) in [5, 5.41) is 8.19. The number of rotatable bonds is 6. The fraction of sp³-hybridized carbons (Fsp3) is 0.345. The lowest BCUT2D eigenvalue weighted by Crippen LogP contribution is -2.41. The monoisotopic (exact) mass is 519 g/mol. The number of ether oxygens (including phenoxy) is 1. The summed E-state index contributed by atoms with van der Waals surface area (Å²) in [5.74, 6) is 0.874. The molecule has 3 aromatic rings. The molecule has 7 nitrogen and oxygen atoms in total. The molecule has 0 unspecified atom stereocenters. The molecule has 3 aromatic carbocycles. The zero-order valence-corrected chi connectivity index (χ0v) is 22.1. The average molecular weight is 520 g/mol. The normalized spacial score (nSPS) is 16.1. The molecule has 0 atom stereocenters. The molecule has 2 aliphatic rings. The summed E-state index contributed by atoms with van der Waals surface area (Å²) in [7, 11) is -3.74. The van der Waals surface area contributed by atoms with Crippen molar-refractivity contribution in [2.45, 2.75) is 56.4 Å². The molecule has 1 saturated carbocycles. The number of carbonyl (C=O) groups excluding carboxylic acids is 1. The first-order chi connectivity index (χ1) is 17.7. The molecule has 1 fully saturated rings. The van der Waals surface area contributed by atoms with E-state index in [9.17, 15) is 13.2 Å². The molecule has 0 radical (unpaired) electrons. The van der Waals surface area contributed by atoms with Gasteiger partial charge in [-0.05, 0) is 90.9 Å². The number of urea groups is 1. The van der Waals surface area contributed by atoms with E-state index in [2.05, 4.69) is 42.6 Å². The number of carbonyl (C=O) groups is 1. The number of nitrogens with one attached hydrogen (secondary N) is 1. The molecule has 0 saturated heterocycles. The first-order valence-corrected chi connectivity index (χ1v) is 14.3. The van der Waals surface area contributed by atoms with Crippen molar-refractivity contribution in [2.24, 2.45) is 5.14 Å². The van der Waals surface area contributed by atoms with Gasteiger partial charge in [-0.15, -0.1) is 0 Å². The van der Waals surface area contributed by atoms with Crippen LogP contribution in [0.4, 0.5) is 10.5 Å². The van der Waals surface area contributed by atoms with Crippen molar-refractivity contribution in [1.29, 1.82) is 0 Å². The minimum atomic E-state index is -3.74. The van der Waals surface area contributed by atoms with E-state index in [0.717, 1.165) is 53.8 Å². The van der Waals surface area contributed by atoms with E-state index in [1.54, 1.807) is 12.1 Å². The highest BCUT2D eigenvalue weighted by Gasteiger charge is 2.46. The Hall–Kier alpha value is -3.36. The molecule has 1 heterocycles. The van der Waals surface area contributed by atoms with E-state index in [4.69, 9.17) is 9.88 Å². The Morgan fingerprint density at radius 1 is 1.05 bits per heavy atom. The van der Waals surface area contributed by atoms with Crippen molar-refractivity contribution < 1.29 is 17.9 Å². The number of hydrogen-bond donors (Lipinski definition) is 2. The van der Waals surface area contributed by atoms with Crippen LogP contribution in [0.2, 0.25) is 0 Å². The molecule has 3 N–H and O–H groups in total. The number of sulfonamides is 1. The molecular formula is C29H33N3O4S. The van der Waals surface area contributed by atoms with Gasteiger partial charge in [0, 0.05) is 24.2 Å². The van der Waals surface area contributed by atoms with Gasteiger partial charge >= 0.3 is 6.03 Å². The summed E-state index contributed by atoms with van der Waals surface area (Å²) < 4.78 is 28.6. The fourth-order valence-electron chi connectivity index (χ4n) is 5.78. The third-order valence-electron chi connectivity index (χ3n) is 7.64. The largest absolute Gasteiger partial charge is 0.494 e. The second-order valence-corrected chi connectivity index (χ2v) is 11.6. The van der Waals surface area contributed by atoms with Gasteiger partial charge in [0.05, 0.1) is 11.5 Å². The van der Waals surface area contributed by atoms with E-state index < -0.39 is 10.0 Å². The second kappa shape index (κ2) is 9.84. The van der Waals surface area contributed by atoms with Gasteiger partial charge in [0.1, 0.15) is 5.75 Å². The molecule has 2 amide bonds. The van der Waals surface area contributed by atoms with Gasteiger partial charge in [-0.3, -0.25) is 4.90 Å². The lowest BCUT2D eigenvalue weighted by molar-refractivity contribution is 0.245. The van der Waals surface area contributed by atoms with Gasteiger partial charge < -0.3 is 10.1 Å². The van der Waals surface area contributed by atoms with Crippen molar-refractivity contribution in [1.82, 2.24) is 5.32 Å². The standard InChI is InChI=1S/C29H33N3O4S/c1-3-36-23-9-12-25(20(2)16-23)22-8-13-27-26(17-22)29(14-4-5-15-29)19-32(27)28(33)31-18-21-6-10-24(11-7-21)37(30,34)35/h6-13,16-17H,3-5,14-15,18-19H2,1-2H3,(H,31,33)(H2,30,34,35). The molecule has 37 heavy (non-hydrogen) atoms. The number of fused-ring (bicyclic) bond motifs is 2. The first kappa shape index (κ1) is 25.3. The van der Waals surface area contributed by atoms with E-state index in [0.29, 0.717) is 19.7 Å². The summed E-state index contributed by atoms with van der Waals surface area (Å²) in [4.78, 5) is 15.3. The van der Waals surface area contributed by atoms with Crippen LogP contribution in [0.15, 0.2) is 65.6 Å². The Labute approximate surface area is 218 Å². The van der Waals surface area contributed by atoms with E-state index >= 15 is 0 Å². The van der Waals surface area contributed by atoms with Gasteiger partial charge in [0.25, 0.3) is 0 Å². The average Bonchev–Trinajstić information content (AvgIpc) is 3.48. The van der Waals surface area contributed by atoms with Crippen LogP contribution >= 0.6 is 0 Å². The molecule has 5 rings (SSSR count). The van der Waals surface area contributed by atoms with E-state index in [-0.39, 0.29) is 16.3 Å². The highest BCUT2D eigenvalue weighted by molar-refractivity contribution is 7.89. The van der Waals surface area contributed by atoms with E-state index in [1.807, 2.05) is 17.9 Å². The maximum absolute atomic E-state index is 13.3. The topological polar surface area (TPSA) is 102 Å². The molecule has 194 valence electrons. The van der Waals surface area contributed by atoms with Crippen LogP contribution in [-0.2, 0) is 22.0 Å². The lowest BCUT2D eigenvalue weighted by atomic mass is 9.79. The number of primary sulfonamides is 1. The fourth-order valence-corrected chi connectivity index (χ4v) is 6.30. The van der Waals surface area contributed by atoms with Gasteiger partial charge in [-0.25, -0.2) is 18.4 Å². The predicted molar refractivity (Wildman–Crippen MR) is 145 cm³/mol. The van der Waals surface area contributed by atoms with Crippen molar-refractivity contribution in [3.8, 4) is 16.9 Å². The van der Waals surface area contributed by atoms with Gasteiger partial charge in [0.2, 0.25) is 10.0 Å². The Kier molecular flexibility index (Phi) is 6.72. The molecule has 0 aromatic heterocycles. The lowest BCUT2D eigenvalue weighted by Gasteiger charge is -2.25. The highest BCUT2D eigenvalue weighted by Crippen LogP contribution is 2.51. The maximum atomic E-state index is 13.3. The van der Waals surface area contributed by atoms with Crippen molar-refractivity contribution in [2.75, 3.05) is 18.1 Å². The number of benzene rings is 3. The quantitative estimate of drug-likeness (QED) is 0.464. The van der Waals surface area contributed by atoms with Crippen LogP contribution in [0.1, 0.15) is 49.3 Å². The second-order valence-electron chi connectivity index (χ2n) is 10.1. The van der Waals surface area contributed by atoms with Crippen LogP contribution in [0.3, 0.4) is 0 Å². The molecule has 1 aliphatic heterocycles. The highest BCUT2D eigenvalue weighted by atomic mass is 32.2. The number of aryl methyl sites for hydroxylation is 1. The summed E-state index contributed by atoms with van der Waals surface area (Å²) in [6.07, 6.45) is 4.48. The first-order valence-electron chi connectivity index (χ1n) is 12.8. The number of anilines is 1. The van der Waals surface area contributed by atoms with Crippen LogP contribution in [-0.4, -0.2) is 27.6 Å². The predicted octanol–water partition coefficient (Wildman–Crippen LogP) is 5.25. The zero-order valence-electron chi connectivity index (χ0n) is 21.3. The van der Waals surface area contributed by atoms with Gasteiger partial charge in [-0.2, -0.15) is 0 Å². The number of amides is 2. The van der Waals surface area contributed by atoms with Crippen molar-refractivity contribution in [3.63, 3.8) is 0 Å². The summed E-state index contributed by atoms with van der Waals surface area (Å²) in [5.41, 5.74) is 6.50. The zero-order chi connectivity index (χ0) is 26.2. The molecule has 8 heteroatoms. The Morgan fingerprint density at radius 2 is 1.78 bits per heavy atom. The molecular weight excluding hydrogens is 486 g/mol. The van der Waals surface area contributed by atoms with Crippen LogP contribution < -0.4 is 20.1 Å². The van der Waals surface area contributed by atoms with E-state index in [1.165, 1.54) is 23.3 Å². The SMILES string of the molecule is CCOc1ccc(-c2ccc3c(c2)C2(CCCC2)CN3C(=O)NCc2ccc(S(N)(=O)=O)cc2)c(C)c1. The van der Waals surface area contributed by atoms with Crippen LogP contribution in [0.25, 0.3) is 11.1 Å². The third-order valence-corrected chi connectivity index (χ3v) is 8.57. The maximum Gasteiger partial charge on any atom is 0.322 e. The number of nitrogens with two attached hydrogens (primary N) is 1. The minimum Gasteiger partial charge on any atom is -0.494 e. The molecule has 1 aliphatic carbocycles. The van der Waals surface area contributed by atoms with Crippen molar-refractivity contribution >= 4 is 21.7 Å². The smallest absolute Gasteiger partial charge is 0.322 e. The van der Waals surface area contributed by atoms with Crippen molar-refractivity contribution in [3.05, 3.63) is 77.4 Å². The number of nitrogens with zero attached hydrogens (tertiary/aromatic N) is 1.